The summed E-state index contributed by atoms with van der Waals surface area (Å²) >= 11 is 1.69. The molecule has 0 saturated carbocycles. The van der Waals surface area contributed by atoms with Crippen LogP contribution < -0.4 is 14.5 Å². The number of anilines is 2. The standard InChI is InChI=1S/C29H38N4O3S/c1-34-28-9-5-7-25(19-28)21-33(20-24-6-4-8-27(18-24)32-10-2-3-11-32)29-30-26(23-37-29)22-36-17-14-31-12-15-35-16-13-31/h4-9,18-19,23H,2-3,10-17,20-22H2,1H3. The van der Waals surface area contributed by atoms with Gasteiger partial charge in [-0.3, -0.25) is 4.90 Å². The van der Waals surface area contributed by atoms with Crippen molar-refractivity contribution in [2.45, 2.75) is 32.5 Å². The van der Waals surface area contributed by atoms with Gasteiger partial charge < -0.3 is 24.0 Å². The van der Waals surface area contributed by atoms with Crippen molar-refractivity contribution < 1.29 is 14.2 Å². The van der Waals surface area contributed by atoms with Gasteiger partial charge in [-0.15, -0.1) is 11.3 Å². The quantitative estimate of drug-likeness (QED) is 0.317. The minimum Gasteiger partial charge on any atom is -0.497 e. The minimum absolute atomic E-state index is 0.540. The summed E-state index contributed by atoms with van der Waals surface area (Å²) in [6, 6.07) is 17.3. The molecule has 0 aliphatic carbocycles. The fraction of sp³-hybridized carbons (Fsp3) is 0.483. The fourth-order valence-electron chi connectivity index (χ4n) is 4.93. The van der Waals surface area contributed by atoms with Crippen molar-refractivity contribution in [1.82, 2.24) is 9.88 Å². The monoisotopic (exact) mass is 522 g/mol. The van der Waals surface area contributed by atoms with E-state index in [1.54, 1.807) is 18.4 Å². The molecule has 0 bridgehead atoms. The highest BCUT2D eigenvalue weighted by Gasteiger charge is 2.17. The third-order valence-electron chi connectivity index (χ3n) is 6.98. The lowest BCUT2D eigenvalue weighted by Gasteiger charge is -2.26. The van der Waals surface area contributed by atoms with Crippen molar-refractivity contribution >= 4 is 22.2 Å². The summed E-state index contributed by atoms with van der Waals surface area (Å²) < 4.78 is 16.9. The summed E-state index contributed by atoms with van der Waals surface area (Å²) in [6.45, 7) is 9.66. The van der Waals surface area contributed by atoms with Crippen LogP contribution in [0.2, 0.25) is 0 Å². The Bertz CT molecular complexity index is 1110. The van der Waals surface area contributed by atoms with E-state index < -0.39 is 0 Å². The topological polar surface area (TPSA) is 50.3 Å². The molecular formula is C29H38N4O3S. The average Bonchev–Trinajstić information content (AvgIpc) is 3.65. The maximum Gasteiger partial charge on any atom is 0.186 e. The Hall–Kier alpha value is -2.65. The number of aromatic nitrogens is 1. The van der Waals surface area contributed by atoms with Crippen LogP contribution in [-0.4, -0.2) is 69.5 Å². The number of hydrogen-bond donors (Lipinski definition) is 0. The van der Waals surface area contributed by atoms with Gasteiger partial charge in [0, 0.05) is 56.9 Å². The summed E-state index contributed by atoms with van der Waals surface area (Å²) in [7, 11) is 1.72. The Balaban J connectivity index is 1.26. The molecule has 7 nitrogen and oxygen atoms in total. The van der Waals surface area contributed by atoms with Crippen molar-refractivity contribution in [1.29, 1.82) is 0 Å². The number of morpholine rings is 1. The molecule has 8 heteroatoms. The van der Waals surface area contributed by atoms with Crippen LogP contribution in [0.4, 0.5) is 10.8 Å². The predicted molar refractivity (Wildman–Crippen MR) is 150 cm³/mol. The second-order valence-electron chi connectivity index (χ2n) is 9.70. The molecule has 3 aromatic rings. The van der Waals surface area contributed by atoms with Crippen LogP contribution in [0.15, 0.2) is 53.9 Å². The second kappa shape index (κ2) is 13.2. The Labute approximate surface area is 224 Å². The van der Waals surface area contributed by atoms with Crippen molar-refractivity contribution in [3.63, 3.8) is 0 Å². The van der Waals surface area contributed by atoms with Crippen LogP contribution in [0.25, 0.3) is 0 Å². The minimum atomic E-state index is 0.540. The van der Waals surface area contributed by atoms with Gasteiger partial charge in [-0.1, -0.05) is 24.3 Å². The van der Waals surface area contributed by atoms with Gasteiger partial charge >= 0.3 is 0 Å². The van der Waals surface area contributed by atoms with Crippen LogP contribution in [0.1, 0.15) is 29.7 Å². The number of hydrogen-bond acceptors (Lipinski definition) is 8. The van der Waals surface area contributed by atoms with E-state index >= 15 is 0 Å². The maximum absolute atomic E-state index is 5.98. The average molecular weight is 523 g/mol. The van der Waals surface area contributed by atoms with E-state index in [0.29, 0.717) is 13.2 Å². The van der Waals surface area contributed by atoms with Crippen LogP contribution in [0, 0.1) is 0 Å². The van der Waals surface area contributed by atoms with Crippen LogP contribution >= 0.6 is 11.3 Å². The highest BCUT2D eigenvalue weighted by molar-refractivity contribution is 7.13. The summed E-state index contributed by atoms with van der Waals surface area (Å²) in [5.74, 6) is 0.877. The van der Waals surface area contributed by atoms with Crippen molar-refractivity contribution in [3.05, 3.63) is 70.7 Å². The normalized spacial score (nSPS) is 16.3. The molecule has 2 aliphatic heterocycles. The maximum atomic E-state index is 5.98. The van der Waals surface area contributed by atoms with Gasteiger partial charge in [-0.2, -0.15) is 0 Å². The zero-order valence-electron chi connectivity index (χ0n) is 21.8. The van der Waals surface area contributed by atoms with E-state index in [9.17, 15) is 0 Å². The summed E-state index contributed by atoms with van der Waals surface area (Å²) in [5.41, 5.74) is 4.81. The molecule has 3 heterocycles. The Morgan fingerprint density at radius 3 is 2.51 bits per heavy atom. The molecule has 0 amide bonds. The summed E-state index contributed by atoms with van der Waals surface area (Å²) in [4.78, 5) is 12.2. The zero-order valence-corrected chi connectivity index (χ0v) is 22.6. The van der Waals surface area contributed by atoms with E-state index in [1.165, 1.54) is 29.7 Å². The molecule has 2 aliphatic rings. The van der Waals surface area contributed by atoms with E-state index in [4.69, 9.17) is 19.2 Å². The first-order valence-corrected chi connectivity index (χ1v) is 14.2. The highest BCUT2D eigenvalue weighted by Crippen LogP contribution is 2.28. The Kier molecular flexibility index (Phi) is 9.29. The van der Waals surface area contributed by atoms with Crippen LogP contribution in [0.5, 0.6) is 5.75 Å². The van der Waals surface area contributed by atoms with Crippen molar-refractivity contribution in [3.8, 4) is 5.75 Å². The third-order valence-corrected chi connectivity index (χ3v) is 7.93. The number of nitrogens with zero attached hydrogens (tertiary/aromatic N) is 4. The number of rotatable bonds is 12. The molecule has 2 aromatic carbocycles. The summed E-state index contributed by atoms with van der Waals surface area (Å²) in [5, 5.41) is 3.14. The van der Waals surface area contributed by atoms with Gasteiger partial charge in [0.2, 0.25) is 0 Å². The van der Waals surface area contributed by atoms with E-state index in [0.717, 1.165) is 75.6 Å². The number of methoxy groups -OCH3 is 1. The van der Waals surface area contributed by atoms with Gasteiger partial charge in [0.1, 0.15) is 5.75 Å². The molecule has 0 radical (unpaired) electrons. The van der Waals surface area contributed by atoms with Gasteiger partial charge in [0.25, 0.3) is 0 Å². The number of thiazole rings is 1. The first-order chi connectivity index (χ1) is 18.3. The third kappa shape index (κ3) is 7.45. The van der Waals surface area contributed by atoms with E-state index in [1.807, 2.05) is 6.07 Å². The number of ether oxygens (including phenoxy) is 3. The predicted octanol–water partition coefficient (Wildman–Crippen LogP) is 4.81. The molecule has 0 unspecified atom stereocenters. The highest BCUT2D eigenvalue weighted by atomic mass is 32.1. The molecule has 0 atom stereocenters. The van der Waals surface area contributed by atoms with Crippen molar-refractivity contribution in [2.75, 3.05) is 69.5 Å². The van der Waals surface area contributed by atoms with Crippen LogP contribution in [-0.2, 0) is 29.2 Å². The lowest BCUT2D eigenvalue weighted by Crippen LogP contribution is -2.38. The van der Waals surface area contributed by atoms with E-state index in [2.05, 4.69) is 62.5 Å². The van der Waals surface area contributed by atoms with Gasteiger partial charge in [0.05, 0.1) is 39.2 Å². The van der Waals surface area contributed by atoms with Crippen LogP contribution in [0.3, 0.4) is 0 Å². The Morgan fingerprint density at radius 1 is 0.973 bits per heavy atom. The lowest BCUT2D eigenvalue weighted by atomic mass is 10.1. The molecule has 5 rings (SSSR count). The lowest BCUT2D eigenvalue weighted by molar-refractivity contribution is 0.0177. The van der Waals surface area contributed by atoms with Gasteiger partial charge in [-0.05, 0) is 48.2 Å². The molecule has 0 N–H and O–H groups in total. The van der Waals surface area contributed by atoms with Gasteiger partial charge in [-0.25, -0.2) is 4.98 Å². The number of benzene rings is 2. The smallest absolute Gasteiger partial charge is 0.186 e. The molecular weight excluding hydrogens is 484 g/mol. The van der Waals surface area contributed by atoms with Gasteiger partial charge in [0.15, 0.2) is 5.13 Å². The Morgan fingerprint density at radius 2 is 1.73 bits per heavy atom. The molecule has 0 spiro atoms. The zero-order chi connectivity index (χ0) is 25.3. The SMILES string of the molecule is COc1cccc(CN(Cc2cccc(N3CCCC3)c2)c2nc(COCCN3CCOCC3)cs2)c1. The molecule has 37 heavy (non-hydrogen) atoms. The first kappa shape index (κ1) is 26.0. The summed E-state index contributed by atoms with van der Waals surface area (Å²) in [6.07, 6.45) is 2.56. The molecule has 2 saturated heterocycles. The van der Waals surface area contributed by atoms with E-state index in [-0.39, 0.29) is 0 Å². The first-order valence-electron chi connectivity index (χ1n) is 13.3. The second-order valence-corrected chi connectivity index (χ2v) is 10.5. The molecule has 198 valence electrons. The fourth-order valence-corrected chi connectivity index (χ4v) is 5.74. The molecule has 1 aromatic heterocycles. The molecule has 2 fully saturated rings. The van der Waals surface area contributed by atoms with Crippen molar-refractivity contribution in [2.24, 2.45) is 0 Å². The largest absolute Gasteiger partial charge is 0.497 e.